The Hall–Kier alpha value is 0.310. The summed E-state index contributed by atoms with van der Waals surface area (Å²) in [7, 11) is 0. The van der Waals surface area contributed by atoms with Crippen LogP contribution in [0.15, 0.2) is 0 Å². The third-order valence-electron chi connectivity index (χ3n) is 2.60. The average molecular weight is 187 g/mol. The molecule has 1 aliphatic carbocycles. The van der Waals surface area contributed by atoms with Gasteiger partial charge in [0.25, 0.3) is 0 Å². The van der Waals surface area contributed by atoms with Gasteiger partial charge in [-0.25, -0.2) is 0 Å². The molecule has 0 radical (unpaired) electrons. The van der Waals surface area contributed by atoms with Gasteiger partial charge in [-0.05, 0) is 19.3 Å². The normalized spacial score (nSPS) is 22.5. The highest BCUT2D eigenvalue weighted by atomic mass is 32.1. The third kappa shape index (κ3) is 3.81. The summed E-state index contributed by atoms with van der Waals surface area (Å²) in [6.45, 7) is 2.21. The second-order valence-electron chi connectivity index (χ2n) is 3.81. The van der Waals surface area contributed by atoms with Gasteiger partial charge in [-0.2, -0.15) is 12.6 Å². The second-order valence-corrected chi connectivity index (χ2v) is 4.43. The van der Waals surface area contributed by atoms with Gasteiger partial charge in [0.05, 0.1) is 5.37 Å². The van der Waals surface area contributed by atoms with Crippen LogP contribution in [0.1, 0.15) is 51.9 Å². The summed E-state index contributed by atoms with van der Waals surface area (Å²) in [5.41, 5.74) is 0. The first-order valence-electron chi connectivity index (χ1n) is 5.27. The zero-order valence-corrected chi connectivity index (χ0v) is 8.95. The molecule has 0 aromatic carbocycles. The highest BCUT2D eigenvalue weighted by molar-refractivity contribution is 7.80. The van der Waals surface area contributed by atoms with Gasteiger partial charge in [-0.3, -0.25) is 0 Å². The molecule has 0 aromatic rings. The van der Waals surface area contributed by atoms with Gasteiger partial charge in [0.15, 0.2) is 0 Å². The lowest BCUT2D eigenvalue weighted by Gasteiger charge is -2.25. The summed E-state index contributed by atoms with van der Waals surface area (Å²) in [5, 5.41) is 4.01. The second kappa shape index (κ2) is 5.87. The Morgan fingerprint density at radius 3 is 2.58 bits per heavy atom. The first-order valence-corrected chi connectivity index (χ1v) is 5.78. The molecule has 1 aliphatic rings. The van der Waals surface area contributed by atoms with E-state index in [1.54, 1.807) is 0 Å². The predicted octanol–water partition coefficient (Wildman–Crippen LogP) is 2.96. The van der Waals surface area contributed by atoms with Crippen molar-refractivity contribution in [2.75, 3.05) is 0 Å². The summed E-state index contributed by atoms with van der Waals surface area (Å²) in [4.78, 5) is 0. The van der Waals surface area contributed by atoms with E-state index in [1.807, 2.05) is 0 Å². The van der Waals surface area contributed by atoms with E-state index in [-0.39, 0.29) is 0 Å². The largest absolute Gasteiger partial charge is 0.303 e. The fourth-order valence-corrected chi connectivity index (χ4v) is 2.37. The van der Waals surface area contributed by atoms with Crippen molar-refractivity contribution in [3.8, 4) is 0 Å². The highest BCUT2D eigenvalue weighted by Crippen LogP contribution is 2.18. The number of hydrogen-bond acceptors (Lipinski definition) is 2. The van der Waals surface area contributed by atoms with Crippen molar-refractivity contribution in [2.24, 2.45) is 0 Å². The molecular formula is C10H21NS. The molecule has 1 rings (SSSR count). The Labute approximate surface area is 81.7 Å². The number of nitrogens with one attached hydrogen (secondary N) is 1. The maximum atomic E-state index is 4.51. The Morgan fingerprint density at radius 2 is 2.00 bits per heavy atom. The quantitative estimate of drug-likeness (QED) is 0.509. The fourth-order valence-electron chi connectivity index (χ4n) is 1.90. The highest BCUT2D eigenvalue weighted by Gasteiger charge is 2.14. The summed E-state index contributed by atoms with van der Waals surface area (Å²) in [5.74, 6) is 0. The molecule has 2 heteroatoms. The minimum atomic E-state index is 0.429. The summed E-state index contributed by atoms with van der Waals surface area (Å²) in [6, 6.07) is 0.757. The molecule has 0 spiro atoms. The third-order valence-corrected chi connectivity index (χ3v) is 3.00. The van der Waals surface area contributed by atoms with Crippen LogP contribution in [-0.4, -0.2) is 11.4 Å². The van der Waals surface area contributed by atoms with E-state index >= 15 is 0 Å². The molecule has 0 heterocycles. The smallest absolute Gasteiger partial charge is 0.0504 e. The van der Waals surface area contributed by atoms with Gasteiger partial charge < -0.3 is 5.32 Å². The van der Waals surface area contributed by atoms with Crippen LogP contribution in [0.5, 0.6) is 0 Å². The Bertz CT molecular complexity index is 110. The lowest BCUT2D eigenvalue weighted by atomic mass is 9.95. The molecule has 1 nitrogen and oxygen atoms in total. The summed E-state index contributed by atoms with van der Waals surface area (Å²) >= 11 is 4.51. The molecule has 0 saturated heterocycles. The van der Waals surface area contributed by atoms with E-state index in [0.29, 0.717) is 5.37 Å². The molecular weight excluding hydrogens is 166 g/mol. The molecule has 0 amide bonds. The molecule has 0 bridgehead atoms. The minimum absolute atomic E-state index is 0.429. The van der Waals surface area contributed by atoms with E-state index in [2.05, 4.69) is 24.9 Å². The van der Waals surface area contributed by atoms with Crippen molar-refractivity contribution in [2.45, 2.75) is 63.3 Å². The average Bonchev–Trinajstić information content (AvgIpc) is 2.06. The van der Waals surface area contributed by atoms with Crippen LogP contribution in [0.4, 0.5) is 0 Å². The molecule has 1 atom stereocenters. The first kappa shape index (κ1) is 10.4. The van der Waals surface area contributed by atoms with Gasteiger partial charge in [0.1, 0.15) is 0 Å². The van der Waals surface area contributed by atoms with Gasteiger partial charge in [0, 0.05) is 6.04 Å². The van der Waals surface area contributed by atoms with Crippen molar-refractivity contribution < 1.29 is 0 Å². The van der Waals surface area contributed by atoms with Crippen molar-refractivity contribution in [3.05, 3.63) is 0 Å². The lowest BCUT2D eigenvalue weighted by molar-refractivity contribution is 0.363. The van der Waals surface area contributed by atoms with Crippen molar-refractivity contribution in [1.82, 2.24) is 5.32 Å². The van der Waals surface area contributed by atoms with Crippen LogP contribution in [0.3, 0.4) is 0 Å². The zero-order valence-electron chi connectivity index (χ0n) is 8.05. The molecule has 1 fully saturated rings. The van der Waals surface area contributed by atoms with E-state index in [4.69, 9.17) is 0 Å². The van der Waals surface area contributed by atoms with Gasteiger partial charge in [-0.1, -0.05) is 32.6 Å². The van der Waals surface area contributed by atoms with Crippen LogP contribution in [0.25, 0.3) is 0 Å². The van der Waals surface area contributed by atoms with Gasteiger partial charge in [0.2, 0.25) is 0 Å². The molecule has 0 aromatic heterocycles. The van der Waals surface area contributed by atoms with Crippen LogP contribution in [0.2, 0.25) is 0 Å². The van der Waals surface area contributed by atoms with Crippen molar-refractivity contribution in [3.63, 3.8) is 0 Å². The fraction of sp³-hybridized carbons (Fsp3) is 1.00. The molecule has 1 saturated carbocycles. The van der Waals surface area contributed by atoms with E-state index in [1.165, 1.54) is 44.9 Å². The minimum Gasteiger partial charge on any atom is -0.303 e. The lowest BCUT2D eigenvalue weighted by Crippen LogP contribution is -2.36. The SMILES string of the molecule is CCCC(S)NC1CCCCC1. The summed E-state index contributed by atoms with van der Waals surface area (Å²) < 4.78 is 0. The summed E-state index contributed by atoms with van der Waals surface area (Å²) in [6.07, 6.45) is 9.40. The van der Waals surface area contributed by atoms with Gasteiger partial charge in [-0.15, -0.1) is 0 Å². The van der Waals surface area contributed by atoms with Crippen LogP contribution >= 0.6 is 12.6 Å². The van der Waals surface area contributed by atoms with E-state index < -0.39 is 0 Å². The predicted molar refractivity (Wildman–Crippen MR) is 57.7 cm³/mol. The van der Waals surface area contributed by atoms with Crippen molar-refractivity contribution in [1.29, 1.82) is 0 Å². The van der Waals surface area contributed by atoms with Crippen molar-refractivity contribution >= 4 is 12.6 Å². The van der Waals surface area contributed by atoms with Crippen LogP contribution < -0.4 is 5.32 Å². The zero-order chi connectivity index (χ0) is 8.81. The monoisotopic (exact) mass is 187 g/mol. The Balaban J connectivity index is 2.11. The molecule has 72 valence electrons. The topological polar surface area (TPSA) is 12.0 Å². The van der Waals surface area contributed by atoms with Crippen LogP contribution in [-0.2, 0) is 0 Å². The Kier molecular flexibility index (Phi) is 5.08. The van der Waals surface area contributed by atoms with E-state index in [0.717, 1.165) is 6.04 Å². The van der Waals surface area contributed by atoms with Gasteiger partial charge >= 0.3 is 0 Å². The molecule has 12 heavy (non-hydrogen) atoms. The maximum Gasteiger partial charge on any atom is 0.0504 e. The number of hydrogen-bond donors (Lipinski definition) is 2. The van der Waals surface area contributed by atoms with Crippen LogP contribution in [0, 0.1) is 0 Å². The Morgan fingerprint density at radius 1 is 1.33 bits per heavy atom. The number of rotatable bonds is 4. The number of thiol groups is 1. The molecule has 1 N–H and O–H groups in total. The molecule has 1 unspecified atom stereocenters. The standard InChI is InChI=1S/C10H21NS/c1-2-6-10(12)11-9-7-4-3-5-8-9/h9-12H,2-8H2,1H3. The van der Waals surface area contributed by atoms with E-state index in [9.17, 15) is 0 Å². The maximum absolute atomic E-state index is 4.51. The molecule has 0 aliphatic heterocycles. The first-order chi connectivity index (χ1) is 5.83.